The zero-order chi connectivity index (χ0) is 13.0. The molecule has 18 heavy (non-hydrogen) atoms. The molecule has 0 aromatic heterocycles. The molecule has 2 aliphatic heterocycles. The van der Waals surface area contributed by atoms with Crippen LogP contribution in [0.4, 0.5) is 0 Å². The summed E-state index contributed by atoms with van der Waals surface area (Å²) in [5, 5.41) is 5.99. The Morgan fingerprint density at radius 3 is 2.89 bits per heavy atom. The second kappa shape index (κ2) is 5.99. The van der Waals surface area contributed by atoms with Crippen LogP contribution in [0.2, 0.25) is 0 Å². The Balaban J connectivity index is 1.66. The zero-order valence-electron chi connectivity index (χ0n) is 10.4. The van der Waals surface area contributed by atoms with Gasteiger partial charge < -0.3 is 15.4 Å². The molecule has 0 aliphatic carbocycles. The molecular weight excluding hydrogens is 256 g/mol. The lowest BCUT2D eigenvalue weighted by molar-refractivity contribution is -0.122. The molecule has 2 heterocycles. The predicted octanol–water partition coefficient (Wildman–Crippen LogP) is -1.08. The molecule has 0 radical (unpaired) electrons. The quantitative estimate of drug-likeness (QED) is 0.682. The second-order valence-corrected chi connectivity index (χ2v) is 7.20. The van der Waals surface area contributed by atoms with Gasteiger partial charge in [-0.05, 0) is 12.3 Å². The lowest BCUT2D eigenvalue weighted by Crippen LogP contribution is -2.45. The first-order valence-electron chi connectivity index (χ1n) is 6.34. The molecule has 6 nitrogen and oxygen atoms in total. The van der Waals surface area contributed by atoms with Crippen LogP contribution in [0.3, 0.4) is 0 Å². The molecule has 2 fully saturated rings. The lowest BCUT2D eigenvalue weighted by atomic mass is 10.1. The minimum atomic E-state index is -2.89. The summed E-state index contributed by atoms with van der Waals surface area (Å²) in [7, 11) is -2.89. The van der Waals surface area contributed by atoms with Crippen molar-refractivity contribution in [1.82, 2.24) is 10.6 Å². The predicted molar refractivity (Wildman–Crippen MR) is 67.0 cm³/mol. The van der Waals surface area contributed by atoms with Crippen molar-refractivity contribution in [2.45, 2.75) is 18.9 Å². The maximum Gasteiger partial charge on any atom is 0.220 e. The summed E-state index contributed by atoms with van der Waals surface area (Å²) in [6.07, 6.45) is 0.936. The first kappa shape index (κ1) is 13.8. The first-order chi connectivity index (χ1) is 8.55. The largest absolute Gasteiger partial charge is 0.374 e. The molecule has 2 N–H and O–H groups in total. The number of hydrogen-bond acceptors (Lipinski definition) is 5. The normalized spacial score (nSPS) is 31.1. The van der Waals surface area contributed by atoms with Crippen molar-refractivity contribution in [3.8, 4) is 0 Å². The zero-order valence-corrected chi connectivity index (χ0v) is 11.2. The molecule has 7 heteroatoms. The van der Waals surface area contributed by atoms with Gasteiger partial charge in [-0.15, -0.1) is 0 Å². The summed E-state index contributed by atoms with van der Waals surface area (Å²) in [6.45, 7) is 2.76. The maximum absolute atomic E-state index is 11.7. The summed E-state index contributed by atoms with van der Waals surface area (Å²) in [4.78, 5) is 11.7. The Kier molecular flexibility index (Phi) is 4.58. The third-order valence-corrected chi connectivity index (χ3v) is 5.17. The number of amides is 1. The number of morpholine rings is 1. The number of ether oxygens (including phenoxy) is 1. The highest BCUT2D eigenvalue weighted by molar-refractivity contribution is 7.91. The highest BCUT2D eigenvalue weighted by Gasteiger charge is 2.29. The molecule has 0 aromatic carbocycles. The van der Waals surface area contributed by atoms with Crippen LogP contribution in [0, 0.1) is 5.92 Å². The van der Waals surface area contributed by atoms with Gasteiger partial charge in [0.2, 0.25) is 5.91 Å². The minimum absolute atomic E-state index is 0.0135. The van der Waals surface area contributed by atoms with E-state index in [-0.39, 0.29) is 29.4 Å². The molecule has 0 bridgehead atoms. The van der Waals surface area contributed by atoms with Crippen LogP contribution in [0.5, 0.6) is 0 Å². The fourth-order valence-electron chi connectivity index (χ4n) is 2.35. The van der Waals surface area contributed by atoms with Crippen LogP contribution in [-0.2, 0) is 19.4 Å². The molecule has 1 amide bonds. The number of hydrogen-bond donors (Lipinski definition) is 2. The van der Waals surface area contributed by atoms with E-state index < -0.39 is 9.84 Å². The Labute approximate surface area is 107 Å². The van der Waals surface area contributed by atoms with E-state index in [1.165, 1.54) is 0 Å². The van der Waals surface area contributed by atoms with Crippen molar-refractivity contribution in [1.29, 1.82) is 0 Å². The Bertz CT molecular complexity index is 390. The van der Waals surface area contributed by atoms with Gasteiger partial charge in [0.25, 0.3) is 0 Å². The van der Waals surface area contributed by atoms with E-state index in [9.17, 15) is 13.2 Å². The summed E-state index contributed by atoms with van der Waals surface area (Å²) >= 11 is 0. The standard InChI is InChI=1S/C11H20N2O4S/c14-11(5-9-1-4-18(15,16)8-9)13-7-10-6-12-2-3-17-10/h9-10,12H,1-8H2,(H,13,14). The van der Waals surface area contributed by atoms with Gasteiger partial charge in [-0.1, -0.05) is 0 Å². The summed E-state index contributed by atoms with van der Waals surface area (Å²) in [6, 6.07) is 0. The van der Waals surface area contributed by atoms with E-state index in [0.717, 1.165) is 13.1 Å². The minimum Gasteiger partial charge on any atom is -0.374 e. The van der Waals surface area contributed by atoms with Gasteiger partial charge in [-0.2, -0.15) is 0 Å². The monoisotopic (exact) mass is 276 g/mol. The fraction of sp³-hybridized carbons (Fsp3) is 0.909. The van der Waals surface area contributed by atoms with Crippen molar-refractivity contribution >= 4 is 15.7 Å². The van der Waals surface area contributed by atoms with Crippen LogP contribution in [0.15, 0.2) is 0 Å². The van der Waals surface area contributed by atoms with Crippen molar-refractivity contribution in [3.63, 3.8) is 0 Å². The van der Waals surface area contributed by atoms with Gasteiger partial charge in [0.1, 0.15) is 0 Å². The summed E-state index contributed by atoms with van der Waals surface area (Å²) in [5.41, 5.74) is 0. The highest BCUT2D eigenvalue weighted by Crippen LogP contribution is 2.21. The maximum atomic E-state index is 11.7. The van der Waals surface area contributed by atoms with E-state index >= 15 is 0 Å². The van der Waals surface area contributed by atoms with Crippen molar-refractivity contribution < 1.29 is 17.9 Å². The molecule has 2 unspecified atom stereocenters. The second-order valence-electron chi connectivity index (χ2n) is 4.97. The summed E-state index contributed by atoms with van der Waals surface area (Å²) < 4.78 is 28.0. The van der Waals surface area contributed by atoms with Crippen LogP contribution in [-0.4, -0.2) is 58.2 Å². The van der Waals surface area contributed by atoms with Gasteiger partial charge >= 0.3 is 0 Å². The van der Waals surface area contributed by atoms with Gasteiger partial charge in [-0.3, -0.25) is 4.79 Å². The number of carbonyl (C=O) groups excluding carboxylic acids is 1. The SMILES string of the molecule is O=C(CC1CCS(=O)(=O)C1)NCC1CNCCO1. The van der Waals surface area contributed by atoms with E-state index in [2.05, 4.69) is 10.6 Å². The average Bonchev–Trinajstić information content (AvgIpc) is 2.67. The van der Waals surface area contributed by atoms with Crippen molar-refractivity contribution in [3.05, 3.63) is 0 Å². The van der Waals surface area contributed by atoms with Crippen LogP contribution < -0.4 is 10.6 Å². The van der Waals surface area contributed by atoms with Gasteiger partial charge in [-0.25, -0.2) is 8.42 Å². The van der Waals surface area contributed by atoms with Gasteiger partial charge in [0.05, 0.1) is 24.2 Å². The van der Waals surface area contributed by atoms with Gasteiger partial charge in [0, 0.05) is 26.1 Å². The van der Waals surface area contributed by atoms with Crippen molar-refractivity contribution in [2.24, 2.45) is 5.92 Å². The molecular formula is C11H20N2O4S. The molecule has 2 rings (SSSR count). The first-order valence-corrected chi connectivity index (χ1v) is 8.17. The third kappa shape index (κ3) is 4.22. The molecule has 104 valence electrons. The topological polar surface area (TPSA) is 84.5 Å². The van der Waals surface area contributed by atoms with Crippen LogP contribution >= 0.6 is 0 Å². The third-order valence-electron chi connectivity index (χ3n) is 3.33. The van der Waals surface area contributed by atoms with E-state index in [4.69, 9.17) is 4.74 Å². The molecule has 2 atom stereocenters. The Morgan fingerprint density at radius 1 is 1.44 bits per heavy atom. The van der Waals surface area contributed by atoms with Gasteiger partial charge in [0.15, 0.2) is 9.84 Å². The van der Waals surface area contributed by atoms with E-state index in [1.807, 2.05) is 0 Å². The Morgan fingerprint density at radius 2 is 2.28 bits per heavy atom. The number of rotatable bonds is 4. The molecule has 2 aliphatic rings. The number of carbonyl (C=O) groups is 1. The summed E-state index contributed by atoms with van der Waals surface area (Å²) in [5.74, 6) is 0.286. The molecule has 0 saturated carbocycles. The highest BCUT2D eigenvalue weighted by atomic mass is 32.2. The number of nitrogens with one attached hydrogen (secondary N) is 2. The van der Waals surface area contributed by atoms with Crippen LogP contribution in [0.1, 0.15) is 12.8 Å². The van der Waals surface area contributed by atoms with E-state index in [0.29, 0.717) is 26.0 Å². The number of sulfone groups is 1. The molecule has 0 spiro atoms. The Hall–Kier alpha value is -0.660. The van der Waals surface area contributed by atoms with Crippen molar-refractivity contribution in [2.75, 3.05) is 37.7 Å². The fourth-order valence-corrected chi connectivity index (χ4v) is 4.21. The van der Waals surface area contributed by atoms with Crippen LogP contribution in [0.25, 0.3) is 0 Å². The smallest absolute Gasteiger partial charge is 0.220 e. The average molecular weight is 276 g/mol. The van der Waals surface area contributed by atoms with E-state index in [1.54, 1.807) is 0 Å². The molecule has 0 aromatic rings. The lowest BCUT2D eigenvalue weighted by Gasteiger charge is -2.23. The molecule has 2 saturated heterocycles.